The van der Waals surface area contributed by atoms with Gasteiger partial charge in [0.05, 0.1) is 45.0 Å². The van der Waals surface area contributed by atoms with Crippen molar-refractivity contribution in [1.82, 2.24) is 19.9 Å². The highest BCUT2D eigenvalue weighted by Gasteiger charge is 2.12. The number of nitrogens with one attached hydrogen (secondary N) is 1. The third-order valence-electron chi connectivity index (χ3n) is 5.62. The van der Waals surface area contributed by atoms with Gasteiger partial charge in [-0.1, -0.05) is 17.5 Å². The maximum absolute atomic E-state index is 13.5. The molecule has 0 amide bonds. The lowest BCUT2D eigenvalue weighted by atomic mass is 10.1. The van der Waals surface area contributed by atoms with Crippen LogP contribution in [0, 0.1) is 18.2 Å². The summed E-state index contributed by atoms with van der Waals surface area (Å²) in [6.07, 6.45) is 8.15. The molecule has 2 heterocycles. The van der Waals surface area contributed by atoms with Gasteiger partial charge in [-0.25, -0.2) is 24.3 Å². The van der Waals surface area contributed by atoms with Crippen LogP contribution < -0.4 is 24.3 Å². The second-order valence-electron chi connectivity index (χ2n) is 7.80. The number of hydrogen-bond donors (Lipinski definition) is 1. The van der Waals surface area contributed by atoms with Crippen LogP contribution in [-0.4, -0.2) is 48.4 Å². The average molecular weight is 584 g/mol. The second-order valence-corrected chi connectivity index (χ2v) is 8.16. The number of fused-ring (bicyclic) bond motifs is 2. The molecule has 0 fully saturated rings. The smallest absolute Gasteiger partial charge is 0.162 e. The summed E-state index contributed by atoms with van der Waals surface area (Å²) in [4.78, 5) is 16.5. The summed E-state index contributed by atoms with van der Waals surface area (Å²) in [6, 6.07) is 11.5. The first kappa shape index (κ1) is 30.0. The molecular formula is C28H24Cl2FN5O4. The molecule has 206 valence electrons. The lowest BCUT2D eigenvalue weighted by Gasteiger charge is -2.12. The lowest BCUT2D eigenvalue weighted by Crippen LogP contribution is -1.98. The largest absolute Gasteiger partial charge is 0.493 e. The number of methoxy groups -OCH3 is 4. The molecule has 0 saturated heterocycles. The monoisotopic (exact) mass is 583 g/mol. The molecule has 1 N–H and O–H groups in total. The minimum absolute atomic E-state index is 0. The van der Waals surface area contributed by atoms with Gasteiger partial charge in [0.2, 0.25) is 0 Å². The first-order valence-corrected chi connectivity index (χ1v) is 11.7. The van der Waals surface area contributed by atoms with Crippen molar-refractivity contribution in [1.29, 1.82) is 0 Å². The summed E-state index contributed by atoms with van der Waals surface area (Å²) in [5.74, 6) is 4.79. The number of nitrogens with zero attached hydrogens (tertiary/aromatic N) is 4. The van der Waals surface area contributed by atoms with Crippen LogP contribution in [0.25, 0.3) is 21.8 Å². The molecule has 0 saturated carbocycles. The van der Waals surface area contributed by atoms with E-state index >= 15 is 0 Å². The molecule has 0 atom stereocenters. The Balaban J connectivity index is 0.000000238. The minimum Gasteiger partial charge on any atom is -0.493 e. The van der Waals surface area contributed by atoms with Gasteiger partial charge in [-0.2, -0.15) is 0 Å². The van der Waals surface area contributed by atoms with E-state index in [1.165, 1.54) is 18.7 Å². The van der Waals surface area contributed by atoms with E-state index in [0.29, 0.717) is 45.2 Å². The van der Waals surface area contributed by atoms with Gasteiger partial charge in [0.1, 0.15) is 29.4 Å². The molecule has 5 rings (SSSR count). The van der Waals surface area contributed by atoms with Crippen LogP contribution in [-0.2, 0) is 0 Å². The van der Waals surface area contributed by atoms with Crippen molar-refractivity contribution in [2.75, 3.05) is 33.8 Å². The van der Waals surface area contributed by atoms with E-state index in [1.807, 2.05) is 0 Å². The Hall–Kier alpha value is -4.59. The number of benzene rings is 3. The summed E-state index contributed by atoms with van der Waals surface area (Å²) in [5.41, 5.74) is 2.22. The molecule has 3 aromatic carbocycles. The van der Waals surface area contributed by atoms with Crippen molar-refractivity contribution >= 4 is 57.3 Å². The summed E-state index contributed by atoms with van der Waals surface area (Å²) in [7, 11) is 6.26. The molecule has 5 aromatic rings. The number of aromatic nitrogens is 4. The van der Waals surface area contributed by atoms with Crippen molar-refractivity contribution in [2.45, 2.75) is 0 Å². The molecule has 0 aliphatic heterocycles. The summed E-state index contributed by atoms with van der Waals surface area (Å²) in [5, 5.41) is 5.02. The number of halogens is 3. The first-order valence-electron chi connectivity index (χ1n) is 11.3. The molecule has 9 nitrogen and oxygen atoms in total. The Morgan fingerprint density at radius 2 is 1.27 bits per heavy atom. The van der Waals surface area contributed by atoms with Gasteiger partial charge >= 0.3 is 0 Å². The average Bonchev–Trinajstić information content (AvgIpc) is 2.97. The summed E-state index contributed by atoms with van der Waals surface area (Å²) < 4.78 is 34.4. The zero-order valence-corrected chi connectivity index (χ0v) is 23.4. The standard InChI is InChI=1S/C18H14FN3O2.C10H9ClN2O2.ClH/c1-4-11-7-12(5-6-14(11)19)22-18-13-8-16(23-2)17(24-3)9-15(13)20-10-21-18;1-14-8-3-6-7(4-9(8)15-2)12-5-13-10(6)11;/h1,5-10H,2-3H3,(H,20,21,22);3-5H,1-2H3;1H. The molecule has 0 aliphatic carbocycles. The quantitative estimate of drug-likeness (QED) is 0.184. The van der Waals surface area contributed by atoms with Crippen molar-refractivity contribution in [3.8, 4) is 35.3 Å². The van der Waals surface area contributed by atoms with Crippen LogP contribution in [0.15, 0.2) is 55.1 Å². The SMILES string of the molecule is C#Cc1cc(Nc2ncnc3cc(OC)c(OC)cc23)ccc1F.COc1cc2ncnc(Cl)c2cc1OC.Cl. The van der Waals surface area contributed by atoms with Crippen molar-refractivity contribution in [3.63, 3.8) is 0 Å². The van der Waals surface area contributed by atoms with Crippen LogP contribution in [0.1, 0.15) is 5.56 Å². The van der Waals surface area contributed by atoms with E-state index in [1.54, 1.807) is 64.8 Å². The number of terminal acetylenes is 1. The highest BCUT2D eigenvalue weighted by Crippen LogP contribution is 2.35. The van der Waals surface area contributed by atoms with Gasteiger partial charge in [0.15, 0.2) is 23.0 Å². The van der Waals surface area contributed by atoms with Gasteiger partial charge < -0.3 is 24.3 Å². The van der Waals surface area contributed by atoms with E-state index < -0.39 is 5.82 Å². The summed E-state index contributed by atoms with van der Waals surface area (Å²) in [6.45, 7) is 0. The molecule has 2 aromatic heterocycles. The maximum atomic E-state index is 13.5. The molecule has 0 unspecified atom stereocenters. The van der Waals surface area contributed by atoms with Gasteiger partial charge in [0, 0.05) is 28.6 Å². The molecule has 0 aliphatic rings. The van der Waals surface area contributed by atoms with E-state index in [-0.39, 0.29) is 18.0 Å². The van der Waals surface area contributed by atoms with E-state index in [2.05, 4.69) is 31.2 Å². The van der Waals surface area contributed by atoms with Crippen LogP contribution in [0.5, 0.6) is 23.0 Å². The third kappa shape index (κ3) is 6.34. The lowest BCUT2D eigenvalue weighted by molar-refractivity contribution is 0.356. The van der Waals surface area contributed by atoms with Crippen LogP contribution in [0.3, 0.4) is 0 Å². The number of hydrogen-bond acceptors (Lipinski definition) is 9. The number of ether oxygens (including phenoxy) is 4. The second kappa shape index (κ2) is 13.5. The predicted octanol–water partition coefficient (Wildman–Crippen LogP) is 6.23. The molecule has 0 bridgehead atoms. The van der Waals surface area contributed by atoms with Gasteiger partial charge in [-0.05, 0) is 30.3 Å². The fourth-order valence-corrected chi connectivity index (χ4v) is 3.88. The Bertz CT molecular complexity index is 1700. The number of rotatable bonds is 6. The Labute approximate surface area is 241 Å². The van der Waals surface area contributed by atoms with Crippen molar-refractivity contribution in [3.05, 3.63) is 71.7 Å². The van der Waals surface area contributed by atoms with Gasteiger partial charge in [-0.3, -0.25) is 0 Å². The van der Waals surface area contributed by atoms with Crippen LogP contribution in [0.2, 0.25) is 5.15 Å². The van der Waals surface area contributed by atoms with Crippen molar-refractivity contribution in [2.24, 2.45) is 0 Å². The molecule has 12 heteroatoms. The zero-order valence-electron chi connectivity index (χ0n) is 21.9. The third-order valence-corrected chi connectivity index (χ3v) is 5.92. The summed E-state index contributed by atoms with van der Waals surface area (Å²) >= 11 is 5.93. The van der Waals surface area contributed by atoms with E-state index in [4.69, 9.17) is 37.0 Å². The van der Waals surface area contributed by atoms with Crippen LogP contribution >= 0.6 is 24.0 Å². The van der Waals surface area contributed by atoms with Gasteiger partial charge in [-0.15, -0.1) is 18.8 Å². The van der Waals surface area contributed by atoms with Gasteiger partial charge in [0.25, 0.3) is 0 Å². The van der Waals surface area contributed by atoms with Crippen molar-refractivity contribution < 1.29 is 23.3 Å². The van der Waals surface area contributed by atoms with E-state index in [9.17, 15) is 4.39 Å². The first-order chi connectivity index (χ1) is 18.9. The zero-order chi connectivity index (χ0) is 27.9. The van der Waals surface area contributed by atoms with E-state index in [0.717, 1.165) is 16.3 Å². The molecule has 0 spiro atoms. The Morgan fingerprint density at radius 1 is 0.750 bits per heavy atom. The topological polar surface area (TPSA) is 101 Å². The molecule has 40 heavy (non-hydrogen) atoms. The Morgan fingerprint density at radius 3 is 1.85 bits per heavy atom. The number of anilines is 2. The molecular weight excluding hydrogens is 560 g/mol. The predicted molar refractivity (Wildman–Crippen MR) is 155 cm³/mol. The highest BCUT2D eigenvalue weighted by atomic mass is 35.5. The fraction of sp³-hybridized carbons (Fsp3) is 0.143. The fourth-order valence-electron chi connectivity index (χ4n) is 3.68. The Kier molecular flexibility index (Phi) is 10.1. The minimum atomic E-state index is -0.443. The maximum Gasteiger partial charge on any atom is 0.162 e. The molecule has 0 radical (unpaired) electrons. The normalized spacial score (nSPS) is 10.0. The van der Waals surface area contributed by atoms with Crippen LogP contribution in [0.4, 0.5) is 15.9 Å². The highest BCUT2D eigenvalue weighted by molar-refractivity contribution is 6.34.